The molecule has 3 rings (SSSR count). The Bertz CT molecular complexity index is 130. The normalized spacial score (nSPS) is 61.3. The van der Waals surface area contributed by atoms with Gasteiger partial charge in [0, 0.05) is 27.8 Å². The Hall–Kier alpha value is 1.05. The van der Waals surface area contributed by atoms with Gasteiger partial charge in [0.15, 0.2) is 0 Å². The van der Waals surface area contributed by atoms with Gasteiger partial charge < -0.3 is 0 Å². The van der Waals surface area contributed by atoms with Crippen LogP contribution >= 0.6 is 35.3 Å². The molecule has 3 aliphatic heterocycles. The first-order chi connectivity index (χ1) is 4.42. The Morgan fingerprint density at radius 2 is 1.56 bits per heavy atom. The molecule has 0 saturated carbocycles. The van der Waals surface area contributed by atoms with Crippen LogP contribution in [0.15, 0.2) is 0 Å². The molecule has 3 heteroatoms. The van der Waals surface area contributed by atoms with Gasteiger partial charge in [-0.15, -0.1) is 0 Å². The van der Waals surface area contributed by atoms with Gasteiger partial charge in [-0.25, -0.2) is 0 Å². The lowest BCUT2D eigenvalue weighted by Gasteiger charge is -2.05. The van der Waals surface area contributed by atoms with Crippen LogP contribution in [0.2, 0.25) is 0 Å². The van der Waals surface area contributed by atoms with E-state index >= 15 is 0 Å². The molecular weight excluding hydrogens is 168 g/mol. The summed E-state index contributed by atoms with van der Waals surface area (Å²) in [6, 6.07) is 0. The van der Waals surface area contributed by atoms with Gasteiger partial charge in [0.1, 0.15) is 0 Å². The molecule has 0 aliphatic carbocycles. The molecule has 0 bridgehead atoms. The third-order valence-electron chi connectivity index (χ3n) is 2.23. The zero-order valence-corrected chi connectivity index (χ0v) is 7.45. The molecule has 3 aliphatic rings. The highest BCUT2D eigenvalue weighted by atomic mass is 32.2. The van der Waals surface area contributed by atoms with Gasteiger partial charge in [-0.3, -0.25) is 0 Å². The predicted octanol–water partition coefficient (Wildman–Crippen LogP) is 1.70. The maximum absolute atomic E-state index is 2.22. The fraction of sp³-hybridized carbons (Fsp3) is 1.00. The molecule has 50 valence electrons. The molecule has 2 unspecified atom stereocenters. The molecule has 0 amide bonds. The minimum absolute atomic E-state index is 0.815. The molecule has 9 heavy (non-hydrogen) atoms. The van der Waals surface area contributed by atoms with Crippen LogP contribution in [0.1, 0.15) is 0 Å². The molecule has 3 saturated heterocycles. The first kappa shape index (κ1) is 5.67. The average Bonchev–Trinajstić information content (AvgIpc) is 2.67. The Kier molecular flexibility index (Phi) is 1.02. The monoisotopic (exact) mass is 176 g/mol. The maximum Gasteiger partial charge on any atom is 0.0503 e. The first-order valence-corrected chi connectivity index (χ1v) is 6.37. The van der Waals surface area contributed by atoms with Crippen molar-refractivity contribution in [2.24, 2.45) is 0 Å². The number of thioether (sulfide) groups is 3. The van der Waals surface area contributed by atoms with Crippen molar-refractivity contribution < 1.29 is 0 Å². The Morgan fingerprint density at radius 1 is 1.11 bits per heavy atom. The Balaban J connectivity index is 1.82. The van der Waals surface area contributed by atoms with Crippen molar-refractivity contribution in [2.45, 2.75) is 15.2 Å². The fourth-order valence-electron chi connectivity index (χ4n) is 1.32. The Labute approximate surface area is 67.9 Å². The van der Waals surface area contributed by atoms with Gasteiger partial charge in [-0.05, 0) is 0 Å². The van der Waals surface area contributed by atoms with Crippen molar-refractivity contribution in [3.05, 3.63) is 0 Å². The number of hydrogen-bond donors (Lipinski definition) is 0. The van der Waals surface area contributed by atoms with Crippen LogP contribution in [0.3, 0.4) is 0 Å². The summed E-state index contributed by atoms with van der Waals surface area (Å²) in [5.41, 5.74) is 0. The molecule has 0 aromatic rings. The van der Waals surface area contributed by atoms with E-state index in [-0.39, 0.29) is 0 Å². The van der Waals surface area contributed by atoms with Crippen molar-refractivity contribution in [1.29, 1.82) is 0 Å². The van der Waals surface area contributed by atoms with Gasteiger partial charge in [-0.1, -0.05) is 0 Å². The third-order valence-corrected chi connectivity index (χ3v) is 6.23. The SMILES string of the molecule is C1SC1C1(C2CS2)CS1. The van der Waals surface area contributed by atoms with Crippen LogP contribution < -0.4 is 0 Å². The van der Waals surface area contributed by atoms with Gasteiger partial charge in [-0.2, -0.15) is 35.3 Å². The molecule has 0 nitrogen and oxygen atoms in total. The average molecular weight is 176 g/mol. The molecule has 2 atom stereocenters. The molecule has 0 aromatic carbocycles. The van der Waals surface area contributed by atoms with Crippen molar-refractivity contribution in [3.63, 3.8) is 0 Å². The van der Waals surface area contributed by atoms with Crippen LogP contribution in [-0.4, -0.2) is 32.5 Å². The van der Waals surface area contributed by atoms with Gasteiger partial charge in [0.25, 0.3) is 0 Å². The van der Waals surface area contributed by atoms with E-state index in [9.17, 15) is 0 Å². The standard InChI is InChI=1S/C6H8S3/c1-4(7-1)6(3-9-6)5-2-8-5/h4-5H,1-3H2. The van der Waals surface area contributed by atoms with Crippen LogP contribution in [0.5, 0.6) is 0 Å². The highest BCUT2D eigenvalue weighted by molar-refractivity contribution is 8.15. The summed E-state index contributed by atoms with van der Waals surface area (Å²) >= 11 is 6.56. The minimum atomic E-state index is 0.815. The van der Waals surface area contributed by atoms with E-state index in [1.54, 1.807) is 0 Å². The van der Waals surface area contributed by atoms with Gasteiger partial charge >= 0.3 is 0 Å². The van der Waals surface area contributed by atoms with E-state index in [1.807, 2.05) is 0 Å². The van der Waals surface area contributed by atoms with Gasteiger partial charge in [0.05, 0.1) is 4.75 Å². The first-order valence-electron chi connectivity index (χ1n) is 3.29. The molecule has 0 N–H and O–H groups in total. The summed E-state index contributed by atoms with van der Waals surface area (Å²) in [7, 11) is 0. The zero-order valence-electron chi connectivity index (χ0n) is 5.00. The van der Waals surface area contributed by atoms with Crippen LogP contribution in [-0.2, 0) is 0 Å². The maximum atomic E-state index is 2.22. The summed E-state index contributed by atoms with van der Waals surface area (Å²) in [6.45, 7) is 0. The molecule has 0 aromatic heterocycles. The zero-order chi connectivity index (χ0) is 5.90. The quantitative estimate of drug-likeness (QED) is 0.588. The largest absolute Gasteiger partial charge is 0.155 e. The summed E-state index contributed by atoms with van der Waals surface area (Å²) in [4.78, 5) is 0. The molecule has 0 spiro atoms. The van der Waals surface area contributed by atoms with Crippen molar-refractivity contribution in [1.82, 2.24) is 0 Å². The number of hydrogen-bond acceptors (Lipinski definition) is 3. The van der Waals surface area contributed by atoms with E-state index in [1.165, 1.54) is 17.3 Å². The molecule has 3 fully saturated rings. The van der Waals surface area contributed by atoms with Gasteiger partial charge in [0.2, 0.25) is 0 Å². The lowest BCUT2D eigenvalue weighted by atomic mass is 10.1. The van der Waals surface area contributed by atoms with Crippen LogP contribution in [0.4, 0.5) is 0 Å². The lowest BCUT2D eigenvalue weighted by molar-refractivity contribution is 0.774. The van der Waals surface area contributed by atoms with E-state index in [0.717, 1.165) is 15.2 Å². The van der Waals surface area contributed by atoms with E-state index in [0.29, 0.717) is 0 Å². The molecular formula is C6H8S3. The summed E-state index contributed by atoms with van der Waals surface area (Å²) in [6.07, 6.45) is 0. The summed E-state index contributed by atoms with van der Waals surface area (Å²) in [5.74, 6) is 4.40. The molecule has 0 radical (unpaired) electrons. The van der Waals surface area contributed by atoms with Crippen molar-refractivity contribution in [2.75, 3.05) is 17.3 Å². The second kappa shape index (κ2) is 1.62. The topological polar surface area (TPSA) is 0 Å². The van der Waals surface area contributed by atoms with E-state index in [4.69, 9.17) is 0 Å². The number of rotatable bonds is 2. The van der Waals surface area contributed by atoms with E-state index < -0.39 is 0 Å². The van der Waals surface area contributed by atoms with E-state index in [2.05, 4.69) is 35.3 Å². The highest BCUT2D eigenvalue weighted by Gasteiger charge is 2.64. The second-order valence-corrected chi connectivity index (χ2v) is 6.70. The lowest BCUT2D eigenvalue weighted by Crippen LogP contribution is -2.22. The summed E-state index contributed by atoms with van der Waals surface area (Å²) in [5, 5.41) is 2.14. The molecule has 3 heterocycles. The third kappa shape index (κ3) is 0.778. The Morgan fingerprint density at radius 3 is 1.78 bits per heavy atom. The minimum Gasteiger partial charge on any atom is -0.155 e. The smallest absolute Gasteiger partial charge is 0.0503 e. The summed E-state index contributed by atoms with van der Waals surface area (Å²) < 4.78 is 0.815. The second-order valence-electron chi connectivity index (χ2n) is 2.89. The predicted molar refractivity (Wildman–Crippen MR) is 47.7 cm³/mol. The van der Waals surface area contributed by atoms with Crippen LogP contribution in [0.25, 0.3) is 0 Å². The fourth-order valence-corrected chi connectivity index (χ4v) is 5.60. The highest BCUT2D eigenvalue weighted by Crippen LogP contribution is 2.66. The van der Waals surface area contributed by atoms with Crippen LogP contribution in [0, 0.1) is 0 Å². The van der Waals surface area contributed by atoms with Crippen molar-refractivity contribution >= 4 is 35.3 Å². The van der Waals surface area contributed by atoms with Crippen molar-refractivity contribution in [3.8, 4) is 0 Å².